The summed E-state index contributed by atoms with van der Waals surface area (Å²) < 4.78 is 0. The fraction of sp³-hybridized carbons (Fsp3) is 0.103. The second-order valence-electron chi connectivity index (χ2n) is 8.26. The molecule has 2 heterocycles. The maximum absolute atomic E-state index is 10.2. The number of benzene rings is 3. The van der Waals surface area contributed by atoms with E-state index in [1.807, 2.05) is 66.7 Å². The zero-order valence-corrected chi connectivity index (χ0v) is 18.5. The van der Waals surface area contributed by atoms with Crippen LogP contribution < -0.4 is 5.32 Å². The number of likely N-dealkylation sites (N-methyl/N-ethyl adjacent to an activating group) is 1. The van der Waals surface area contributed by atoms with Crippen molar-refractivity contribution >= 4 is 23.2 Å². The van der Waals surface area contributed by atoms with Crippen LogP contribution in [0.4, 0.5) is 11.5 Å². The van der Waals surface area contributed by atoms with E-state index in [2.05, 4.69) is 53.7 Å². The average molecular weight is 429 g/mol. The van der Waals surface area contributed by atoms with Gasteiger partial charge < -0.3 is 5.32 Å². The number of nitrogens with zero attached hydrogens (tertiary/aromatic N) is 3. The summed E-state index contributed by atoms with van der Waals surface area (Å²) in [4.78, 5) is 7.32. The van der Waals surface area contributed by atoms with Crippen molar-refractivity contribution in [2.24, 2.45) is 0 Å². The van der Waals surface area contributed by atoms with Gasteiger partial charge in [-0.25, -0.2) is 4.98 Å². The maximum atomic E-state index is 10.2. The van der Waals surface area contributed by atoms with E-state index in [4.69, 9.17) is 4.98 Å². The first kappa shape index (κ1) is 20.7. The van der Waals surface area contributed by atoms with E-state index in [-0.39, 0.29) is 0 Å². The van der Waals surface area contributed by atoms with Crippen LogP contribution in [-0.4, -0.2) is 23.5 Å². The summed E-state index contributed by atoms with van der Waals surface area (Å²) >= 11 is 0. The average Bonchev–Trinajstić information content (AvgIpc) is 2.85. The van der Waals surface area contributed by atoms with Crippen molar-refractivity contribution in [2.45, 2.75) is 6.54 Å². The van der Waals surface area contributed by atoms with Gasteiger partial charge in [0.1, 0.15) is 17.5 Å². The Morgan fingerprint density at radius 1 is 0.879 bits per heavy atom. The summed E-state index contributed by atoms with van der Waals surface area (Å²) in [6, 6.07) is 32.8. The largest absolute Gasteiger partial charge is 0.339 e. The smallest absolute Gasteiger partial charge is 0.149 e. The first-order valence-corrected chi connectivity index (χ1v) is 11.0. The Morgan fingerprint density at radius 2 is 1.52 bits per heavy atom. The molecule has 4 aromatic rings. The van der Waals surface area contributed by atoms with Crippen LogP contribution in [0.15, 0.2) is 91.0 Å². The van der Waals surface area contributed by atoms with Crippen LogP contribution in [0.25, 0.3) is 22.8 Å². The molecule has 0 radical (unpaired) electrons. The number of rotatable bonds is 4. The topological polar surface area (TPSA) is 52.0 Å². The molecule has 0 unspecified atom stereocenters. The Morgan fingerprint density at radius 3 is 2.18 bits per heavy atom. The number of fused-ring (bicyclic) bond motifs is 1. The second kappa shape index (κ2) is 9.12. The molecule has 0 atom stereocenters. The number of nitriles is 1. The summed E-state index contributed by atoms with van der Waals surface area (Å²) in [7, 11) is 2.11. The highest BCUT2D eigenvalue weighted by Crippen LogP contribution is 2.39. The zero-order valence-electron chi connectivity index (χ0n) is 18.5. The number of hydrogen-bond donors (Lipinski definition) is 1. The molecule has 160 valence electrons. The number of aromatic nitrogens is 1. The molecule has 4 heteroatoms. The summed E-state index contributed by atoms with van der Waals surface area (Å²) in [6.45, 7) is 1.53. The molecule has 3 aromatic carbocycles. The highest BCUT2D eigenvalue weighted by molar-refractivity contribution is 5.90. The van der Waals surface area contributed by atoms with Gasteiger partial charge in [0.05, 0.1) is 5.69 Å². The summed E-state index contributed by atoms with van der Waals surface area (Å²) in [6.07, 6.45) is 2.20. The highest BCUT2D eigenvalue weighted by atomic mass is 15.1. The van der Waals surface area contributed by atoms with Gasteiger partial charge in [-0.1, -0.05) is 78.9 Å². The monoisotopic (exact) mass is 428 g/mol. The third-order valence-electron chi connectivity index (χ3n) is 5.82. The van der Waals surface area contributed by atoms with E-state index in [1.54, 1.807) is 0 Å². The normalized spacial score (nSPS) is 14.5. The number of anilines is 2. The van der Waals surface area contributed by atoms with E-state index in [9.17, 15) is 5.26 Å². The molecular weight excluding hydrogens is 404 g/mol. The first-order valence-electron chi connectivity index (χ1n) is 11.0. The lowest BCUT2D eigenvalue weighted by atomic mass is 9.88. The van der Waals surface area contributed by atoms with Crippen LogP contribution in [0.5, 0.6) is 0 Å². The molecule has 1 aliphatic rings. The highest BCUT2D eigenvalue weighted by Gasteiger charge is 2.27. The molecular formula is C29H24N4. The van der Waals surface area contributed by atoms with Crippen molar-refractivity contribution in [2.75, 3.05) is 18.9 Å². The van der Waals surface area contributed by atoms with Crippen LogP contribution in [0.3, 0.4) is 0 Å². The minimum Gasteiger partial charge on any atom is -0.339 e. The molecule has 1 aromatic heterocycles. The summed E-state index contributed by atoms with van der Waals surface area (Å²) in [5, 5.41) is 13.7. The van der Waals surface area contributed by atoms with Gasteiger partial charge in [0.2, 0.25) is 0 Å². The molecule has 1 aliphatic heterocycles. The second-order valence-corrected chi connectivity index (χ2v) is 8.26. The number of hydrogen-bond acceptors (Lipinski definition) is 4. The van der Waals surface area contributed by atoms with E-state index in [0.29, 0.717) is 11.4 Å². The molecule has 0 aliphatic carbocycles. The third kappa shape index (κ3) is 4.27. The van der Waals surface area contributed by atoms with E-state index < -0.39 is 0 Å². The van der Waals surface area contributed by atoms with Crippen LogP contribution in [0.2, 0.25) is 0 Å². The quantitative estimate of drug-likeness (QED) is 0.411. The van der Waals surface area contributed by atoms with Crippen molar-refractivity contribution in [3.8, 4) is 17.2 Å². The lowest BCUT2D eigenvalue weighted by molar-refractivity contribution is 0.358. The van der Waals surface area contributed by atoms with Crippen molar-refractivity contribution < 1.29 is 0 Å². The number of para-hydroxylation sites is 1. The minimum atomic E-state index is 0.568. The van der Waals surface area contributed by atoms with Crippen LogP contribution in [0.1, 0.15) is 22.4 Å². The van der Waals surface area contributed by atoms with Crippen LogP contribution >= 0.6 is 0 Å². The van der Waals surface area contributed by atoms with Gasteiger partial charge >= 0.3 is 0 Å². The maximum Gasteiger partial charge on any atom is 0.149 e. The Bertz CT molecular complexity index is 1340. The van der Waals surface area contributed by atoms with Crippen LogP contribution in [-0.2, 0) is 6.54 Å². The molecule has 0 amide bonds. The van der Waals surface area contributed by atoms with Crippen LogP contribution in [0, 0.1) is 11.3 Å². The molecule has 0 fully saturated rings. The van der Waals surface area contributed by atoms with Gasteiger partial charge in [0.25, 0.3) is 0 Å². The molecule has 0 spiro atoms. The third-order valence-corrected chi connectivity index (χ3v) is 5.82. The van der Waals surface area contributed by atoms with Crippen molar-refractivity contribution in [1.82, 2.24) is 9.88 Å². The first-order chi connectivity index (χ1) is 16.2. The molecule has 5 rings (SSSR count). The Balaban J connectivity index is 1.77. The Kier molecular flexibility index (Phi) is 5.72. The SMILES string of the molecule is CN1C/C(=C/c2ccccc2)c2nc(Nc3ccccc3)c(C#N)c(-c3ccccc3)c2C1. The fourth-order valence-electron chi connectivity index (χ4n) is 4.38. The summed E-state index contributed by atoms with van der Waals surface area (Å²) in [5.74, 6) is 0.588. The van der Waals surface area contributed by atoms with Gasteiger partial charge in [0.15, 0.2) is 0 Å². The molecule has 0 saturated heterocycles. The summed E-state index contributed by atoms with van der Waals surface area (Å²) in [5.41, 5.74) is 7.77. The molecule has 0 bridgehead atoms. The van der Waals surface area contributed by atoms with Gasteiger partial charge in [-0.05, 0) is 42.0 Å². The Labute approximate surface area is 194 Å². The Hall–Kier alpha value is -4.20. The fourth-order valence-corrected chi connectivity index (χ4v) is 4.38. The van der Waals surface area contributed by atoms with Gasteiger partial charge in [-0.15, -0.1) is 0 Å². The van der Waals surface area contributed by atoms with Gasteiger partial charge in [0, 0.05) is 29.9 Å². The van der Waals surface area contributed by atoms with Crippen molar-refractivity contribution in [3.05, 3.63) is 113 Å². The predicted molar refractivity (Wildman–Crippen MR) is 135 cm³/mol. The number of nitrogens with one attached hydrogen (secondary N) is 1. The van der Waals surface area contributed by atoms with Crippen molar-refractivity contribution in [3.63, 3.8) is 0 Å². The lowest BCUT2D eigenvalue weighted by Gasteiger charge is -2.30. The lowest BCUT2D eigenvalue weighted by Crippen LogP contribution is -2.28. The molecule has 4 nitrogen and oxygen atoms in total. The standard InChI is InChI=1S/C29H24N4/c1-33-19-23(17-21-11-5-2-6-12-21)28-26(20-33)27(22-13-7-3-8-14-22)25(18-30)29(32-28)31-24-15-9-4-10-16-24/h2-17H,19-20H2,1H3,(H,31,32)/b23-17-. The van der Waals surface area contributed by atoms with E-state index in [1.165, 1.54) is 0 Å². The zero-order chi connectivity index (χ0) is 22.6. The molecule has 0 saturated carbocycles. The predicted octanol–water partition coefficient (Wildman–Crippen LogP) is 6.35. The minimum absolute atomic E-state index is 0.568. The van der Waals surface area contributed by atoms with E-state index in [0.717, 1.165) is 52.3 Å². The molecule has 1 N–H and O–H groups in total. The number of pyridine rings is 1. The van der Waals surface area contributed by atoms with Crippen molar-refractivity contribution in [1.29, 1.82) is 5.26 Å². The van der Waals surface area contributed by atoms with Gasteiger partial charge in [-0.2, -0.15) is 5.26 Å². The van der Waals surface area contributed by atoms with Gasteiger partial charge in [-0.3, -0.25) is 4.90 Å². The van der Waals surface area contributed by atoms with E-state index >= 15 is 0 Å². The molecule has 33 heavy (non-hydrogen) atoms.